The number of rotatable bonds is 5. The molecule has 1 rings (SSSR count). The molecule has 1 fully saturated rings. The van der Waals surface area contributed by atoms with Crippen LogP contribution in [0.15, 0.2) is 0 Å². The number of nitrogens with zero attached hydrogens (tertiary/aromatic N) is 1. The Morgan fingerprint density at radius 1 is 1.38 bits per heavy atom. The van der Waals surface area contributed by atoms with Gasteiger partial charge in [-0.3, -0.25) is 0 Å². The van der Waals surface area contributed by atoms with Gasteiger partial charge in [0.1, 0.15) is 14.2 Å². The quantitative estimate of drug-likeness (QED) is 0.709. The van der Waals surface area contributed by atoms with E-state index in [1.807, 2.05) is 0 Å². The van der Waals surface area contributed by atoms with E-state index in [2.05, 4.69) is 25.7 Å². The molecule has 0 saturated carbocycles. The second-order valence-corrected chi connectivity index (χ2v) is 10.5. The highest BCUT2D eigenvalue weighted by Crippen LogP contribution is 2.30. The van der Waals surface area contributed by atoms with Crippen LogP contribution in [0.2, 0.25) is 25.7 Å². The molecule has 92 valence electrons. The summed E-state index contributed by atoms with van der Waals surface area (Å²) in [7, 11) is -2.20. The predicted octanol–water partition coefficient (Wildman–Crippen LogP) is 2.19. The number of hydrogen-bond donors (Lipinski definition) is 0. The molecular weight excluding hydrogens is 234 g/mol. The van der Waals surface area contributed by atoms with Gasteiger partial charge in [-0.15, -0.1) is 0 Å². The van der Waals surface area contributed by atoms with Crippen LogP contribution in [0.1, 0.15) is 25.7 Å². The van der Waals surface area contributed by atoms with Crippen molar-refractivity contribution in [2.75, 3.05) is 6.61 Å². The number of hydrogen-bond acceptors (Lipinski definition) is 3. The molecule has 0 N–H and O–H groups in total. The molecule has 0 bridgehead atoms. The van der Waals surface area contributed by atoms with Crippen LogP contribution in [0.4, 0.5) is 0 Å². The topological polar surface area (TPSA) is 42.2 Å². The lowest BCUT2D eigenvalue weighted by Gasteiger charge is -2.42. The van der Waals surface area contributed by atoms with Crippen LogP contribution in [0.25, 0.3) is 0 Å². The minimum absolute atomic E-state index is 0.209. The molecule has 0 radical (unpaired) electrons. The molecular formula is C11H23NO2Si2. The van der Waals surface area contributed by atoms with Crippen molar-refractivity contribution in [2.45, 2.75) is 56.8 Å². The average Bonchev–Trinajstić information content (AvgIpc) is 2.27. The lowest BCUT2D eigenvalue weighted by Crippen LogP contribution is -2.52. The minimum Gasteiger partial charge on any atom is -0.397 e. The van der Waals surface area contributed by atoms with Crippen LogP contribution >= 0.6 is 0 Å². The van der Waals surface area contributed by atoms with Gasteiger partial charge in [0.25, 0.3) is 0 Å². The molecule has 1 saturated heterocycles. The van der Waals surface area contributed by atoms with Crippen molar-refractivity contribution in [3.63, 3.8) is 0 Å². The van der Waals surface area contributed by atoms with Gasteiger partial charge in [-0.2, -0.15) is 5.26 Å². The molecule has 3 nitrogen and oxygen atoms in total. The summed E-state index contributed by atoms with van der Waals surface area (Å²) in [5.74, 6) is 0. The highest BCUT2D eigenvalue weighted by Gasteiger charge is 2.39. The van der Waals surface area contributed by atoms with Gasteiger partial charge in [0.15, 0.2) is 9.04 Å². The lowest BCUT2D eigenvalue weighted by molar-refractivity contribution is -0.151. The zero-order valence-electron chi connectivity index (χ0n) is 10.7. The predicted molar refractivity (Wildman–Crippen MR) is 70.5 cm³/mol. The van der Waals surface area contributed by atoms with Crippen molar-refractivity contribution < 1.29 is 9.16 Å². The summed E-state index contributed by atoms with van der Waals surface area (Å²) in [5.41, 5.74) is -0.209. The molecule has 16 heavy (non-hydrogen) atoms. The van der Waals surface area contributed by atoms with Crippen molar-refractivity contribution in [2.24, 2.45) is 0 Å². The zero-order valence-corrected chi connectivity index (χ0v) is 13.0. The van der Waals surface area contributed by atoms with E-state index in [1.54, 1.807) is 0 Å². The van der Waals surface area contributed by atoms with Crippen molar-refractivity contribution >= 4 is 17.8 Å². The molecule has 0 aromatic heterocycles. The average molecular weight is 257 g/mol. The highest BCUT2D eigenvalue weighted by molar-refractivity contribution is 6.60. The van der Waals surface area contributed by atoms with Crippen molar-refractivity contribution in [3.8, 4) is 6.07 Å². The number of nitriles is 1. The fraction of sp³-hybridized carbons (Fsp3) is 0.909. The van der Waals surface area contributed by atoms with Crippen LogP contribution < -0.4 is 0 Å². The summed E-state index contributed by atoms with van der Waals surface area (Å²) in [6.45, 7) is 7.64. The first-order chi connectivity index (χ1) is 7.60. The molecule has 1 heterocycles. The Kier molecular flexibility index (Phi) is 5.69. The standard InChI is InChI=1S/C11H23NO2Si2/c1-15(2)11(7-4-5-9-13-11)14-16(3)10-6-8-12/h15-16H,4-7,9-10H2,1-3H3. The van der Waals surface area contributed by atoms with Gasteiger partial charge in [0.05, 0.1) is 6.07 Å². The van der Waals surface area contributed by atoms with E-state index in [0.29, 0.717) is 6.42 Å². The van der Waals surface area contributed by atoms with Crippen molar-refractivity contribution in [1.82, 2.24) is 0 Å². The Labute approximate surface area is 102 Å². The summed E-state index contributed by atoms with van der Waals surface area (Å²) < 4.78 is 12.2. The largest absolute Gasteiger partial charge is 0.397 e. The number of ether oxygens (including phenoxy) is 1. The van der Waals surface area contributed by atoms with Crippen LogP contribution in [0.5, 0.6) is 0 Å². The molecule has 0 aromatic rings. The Balaban J connectivity index is 2.53. The van der Waals surface area contributed by atoms with E-state index in [-0.39, 0.29) is 5.41 Å². The van der Waals surface area contributed by atoms with Gasteiger partial charge in [-0.05, 0) is 31.9 Å². The Morgan fingerprint density at radius 2 is 2.12 bits per heavy atom. The van der Waals surface area contributed by atoms with E-state index < -0.39 is 17.8 Å². The summed E-state index contributed by atoms with van der Waals surface area (Å²) in [6.07, 6.45) is 4.09. The van der Waals surface area contributed by atoms with E-state index in [0.717, 1.165) is 19.1 Å². The monoisotopic (exact) mass is 257 g/mol. The summed E-state index contributed by atoms with van der Waals surface area (Å²) in [6, 6.07) is 3.15. The van der Waals surface area contributed by atoms with Crippen LogP contribution in [-0.4, -0.2) is 29.9 Å². The van der Waals surface area contributed by atoms with Gasteiger partial charge < -0.3 is 9.16 Å². The van der Waals surface area contributed by atoms with E-state index in [9.17, 15) is 0 Å². The normalized spacial score (nSPS) is 27.7. The minimum atomic E-state index is -1.23. The van der Waals surface area contributed by atoms with Gasteiger partial charge in [-0.1, -0.05) is 13.1 Å². The van der Waals surface area contributed by atoms with Crippen LogP contribution in [-0.2, 0) is 9.16 Å². The Morgan fingerprint density at radius 3 is 2.62 bits per heavy atom. The molecule has 0 aromatic carbocycles. The van der Waals surface area contributed by atoms with E-state index in [4.69, 9.17) is 14.4 Å². The Hall–Kier alpha value is -0.156. The maximum Gasteiger partial charge on any atom is 0.178 e. The second kappa shape index (κ2) is 6.55. The molecule has 0 aliphatic carbocycles. The highest BCUT2D eigenvalue weighted by atomic mass is 28.3. The zero-order chi connectivity index (χ0) is 12.0. The molecule has 0 spiro atoms. The maximum atomic E-state index is 8.59. The SMILES string of the molecule is C[SiH](CCC#N)OC1([SiH](C)C)CCCCO1. The molecule has 1 aliphatic heterocycles. The first-order valence-corrected chi connectivity index (χ1v) is 11.6. The second-order valence-electron chi connectivity index (χ2n) is 4.90. The van der Waals surface area contributed by atoms with Crippen molar-refractivity contribution in [1.29, 1.82) is 5.26 Å². The van der Waals surface area contributed by atoms with Crippen LogP contribution in [0, 0.1) is 11.3 Å². The third-order valence-electron chi connectivity index (χ3n) is 3.21. The summed E-state index contributed by atoms with van der Waals surface area (Å²) in [4.78, 5) is 0. The molecule has 1 aliphatic rings. The maximum absolute atomic E-state index is 8.59. The van der Waals surface area contributed by atoms with Crippen LogP contribution in [0.3, 0.4) is 0 Å². The summed E-state index contributed by atoms with van der Waals surface area (Å²) >= 11 is 0. The third kappa shape index (κ3) is 3.70. The Bertz CT molecular complexity index is 247. The smallest absolute Gasteiger partial charge is 0.178 e. The van der Waals surface area contributed by atoms with Gasteiger partial charge >= 0.3 is 0 Å². The lowest BCUT2D eigenvalue weighted by atomic mass is 10.2. The summed E-state index contributed by atoms with van der Waals surface area (Å²) in [5, 5.41) is 8.59. The fourth-order valence-electron chi connectivity index (χ4n) is 2.14. The molecule has 0 amide bonds. The van der Waals surface area contributed by atoms with Gasteiger partial charge in [-0.25, -0.2) is 0 Å². The van der Waals surface area contributed by atoms with Crippen molar-refractivity contribution in [3.05, 3.63) is 0 Å². The first kappa shape index (κ1) is 13.9. The molecule has 5 heteroatoms. The van der Waals surface area contributed by atoms with Gasteiger partial charge in [0, 0.05) is 13.0 Å². The third-order valence-corrected chi connectivity index (χ3v) is 7.73. The van der Waals surface area contributed by atoms with E-state index in [1.165, 1.54) is 12.8 Å². The molecule has 2 unspecified atom stereocenters. The molecule has 2 atom stereocenters. The van der Waals surface area contributed by atoms with E-state index >= 15 is 0 Å². The van der Waals surface area contributed by atoms with Gasteiger partial charge in [0.2, 0.25) is 0 Å². The first-order valence-electron chi connectivity index (χ1n) is 6.29. The fourth-order valence-corrected chi connectivity index (χ4v) is 6.68.